The topological polar surface area (TPSA) is 27.7 Å². The van der Waals surface area contributed by atoms with Crippen LogP contribution in [-0.2, 0) is 14.2 Å². The first-order valence-electron chi connectivity index (χ1n) is 3.96. The Hall–Kier alpha value is 0.610. The molecule has 0 saturated heterocycles. The van der Waals surface area contributed by atoms with E-state index in [1.165, 1.54) is 6.42 Å². The van der Waals surface area contributed by atoms with Crippen LogP contribution < -0.4 is 0 Å². The summed E-state index contributed by atoms with van der Waals surface area (Å²) in [6.07, 6.45) is 3.00. The molecule has 0 fully saturated rings. The van der Waals surface area contributed by atoms with Crippen molar-refractivity contribution in [3.8, 4) is 0 Å². The number of rotatable bonds is 7. The lowest BCUT2D eigenvalue weighted by atomic mass is 10.2. The zero-order chi connectivity index (χ0) is 9.45. The van der Waals surface area contributed by atoms with E-state index in [4.69, 9.17) is 14.2 Å². The molecule has 0 rings (SSSR count). The van der Waals surface area contributed by atoms with Gasteiger partial charge in [0, 0.05) is 27.8 Å². The molecule has 0 aliphatic carbocycles. The van der Waals surface area contributed by atoms with Gasteiger partial charge in [-0.25, -0.2) is 0 Å². The Morgan fingerprint density at radius 2 is 1.50 bits per heavy atom. The molecule has 12 heavy (non-hydrogen) atoms. The summed E-state index contributed by atoms with van der Waals surface area (Å²) in [7, 11) is 4.78. The average molecular weight is 288 g/mol. The predicted molar refractivity (Wildman–Crippen MR) is 56.5 cm³/mol. The van der Waals surface area contributed by atoms with E-state index >= 15 is 0 Å². The number of alkyl halides is 1. The maximum atomic E-state index is 5.14. The minimum atomic E-state index is -0.828. The summed E-state index contributed by atoms with van der Waals surface area (Å²) in [5.74, 6) is -0.828. The highest BCUT2D eigenvalue weighted by molar-refractivity contribution is 14.1. The van der Waals surface area contributed by atoms with E-state index in [2.05, 4.69) is 22.6 Å². The molecule has 0 aromatic heterocycles. The molecular formula is C8H17IO3. The van der Waals surface area contributed by atoms with Crippen LogP contribution in [0.2, 0.25) is 0 Å². The summed E-state index contributed by atoms with van der Waals surface area (Å²) in [6, 6.07) is 0. The first kappa shape index (κ1) is 12.6. The van der Waals surface area contributed by atoms with Crippen molar-refractivity contribution in [2.24, 2.45) is 0 Å². The summed E-state index contributed by atoms with van der Waals surface area (Å²) < 4.78 is 16.6. The van der Waals surface area contributed by atoms with Crippen molar-refractivity contribution in [1.82, 2.24) is 0 Å². The molecule has 0 aliphatic heterocycles. The number of halogens is 1. The third-order valence-electron chi connectivity index (χ3n) is 1.80. The van der Waals surface area contributed by atoms with Crippen LogP contribution in [0.25, 0.3) is 0 Å². The molecule has 3 nitrogen and oxygen atoms in total. The second-order valence-electron chi connectivity index (χ2n) is 2.44. The lowest BCUT2D eigenvalue weighted by Gasteiger charge is -2.28. The standard InChI is InChI=1S/C8H17IO3/c1-10-8(11-2,12-3)6-4-5-7-9/h4-7H2,1-3H3. The van der Waals surface area contributed by atoms with Crippen LogP contribution in [0.4, 0.5) is 0 Å². The van der Waals surface area contributed by atoms with Crippen molar-refractivity contribution in [3.63, 3.8) is 0 Å². The molecule has 0 aliphatic rings. The van der Waals surface area contributed by atoms with Gasteiger partial charge in [0.05, 0.1) is 0 Å². The van der Waals surface area contributed by atoms with Gasteiger partial charge in [0.2, 0.25) is 0 Å². The van der Waals surface area contributed by atoms with Crippen LogP contribution in [0.15, 0.2) is 0 Å². The largest absolute Gasteiger partial charge is 0.331 e. The van der Waals surface area contributed by atoms with Crippen LogP contribution in [-0.4, -0.2) is 31.7 Å². The zero-order valence-electron chi connectivity index (χ0n) is 7.93. The third-order valence-corrected chi connectivity index (χ3v) is 2.56. The van der Waals surface area contributed by atoms with Gasteiger partial charge in [-0.15, -0.1) is 0 Å². The predicted octanol–water partition coefficient (Wildman–Crippen LogP) is 2.18. The Morgan fingerprint density at radius 1 is 1.00 bits per heavy atom. The molecule has 0 spiro atoms. The van der Waals surface area contributed by atoms with E-state index < -0.39 is 5.97 Å². The Labute approximate surface area is 87.9 Å². The van der Waals surface area contributed by atoms with Gasteiger partial charge in [-0.05, 0) is 17.3 Å². The van der Waals surface area contributed by atoms with Crippen molar-refractivity contribution in [1.29, 1.82) is 0 Å². The molecule has 0 aromatic rings. The molecular weight excluding hydrogens is 271 g/mol. The van der Waals surface area contributed by atoms with Gasteiger partial charge in [-0.2, -0.15) is 0 Å². The lowest BCUT2D eigenvalue weighted by Crippen LogP contribution is -2.35. The SMILES string of the molecule is COC(CCCCI)(OC)OC. The van der Waals surface area contributed by atoms with Crippen LogP contribution in [0, 0.1) is 0 Å². The van der Waals surface area contributed by atoms with Gasteiger partial charge < -0.3 is 14.2 Å². The van der Waals surface area contributed by atoms with E-state index in [1.807, 2.05) is 0 Å². The molecule has 0 amide bonds. The Kier molecular flexibility index (Phi) is 7.41. The minimum absolute atomic E-state index is 0.777. The molecule has 0 aromatic carbocycles. The fourth-order valence-corrected chi connectivity index (χ4v) is 1.53. The maximum absolute atomic E-state index is 5.14. The molecule has 0 bridgehead atoms. The zero-order valence-corrected chi connectivity index (χ0v) is 10.1. The van der Waals surface area contributed by atoms with Crippen LogP contribution in [0.5, 0.6) is 0 Å². The van der Waals surface area contributed by atoms with E-state index in [9.17, 15) is 0 Å². The monoisotopic (exact) mass is 288 g/mol. The number of ether oxygens (including phenoxy) is 3. The second-order valence-corrected chi connectivity index (χ2v) is 3.52. The number of hydrogen-bond donors (Lipinski definition) is 0. The lowest BCUT2D eigenvalue weighted by molar-refractivity contribution is -0.355. The highest BCUT2D eigenvalue weighted by Gasteiger charge is 2.28. The summed E-state index contributed by atoms with van der Waals surface area (Å²) in [5.41, 5.74) is 0. The average Bonchev–Trinajstić information content (AvgIpc) is 2.14. The minimum Gasteiger partial charge on any atom is -0.331 e. The van der Waals surface area contributed by atoms with E-state index in [0.29, 0.717) is 0 Å². The van der Waals surface area contributed by atoms with Gasteiger partial charge in [-0.1, -0.05) is 22.6 Å². The van der Waals surface area contributed by atoms with Gasteiger partial charge in [0.1, 0.15) is 0 Å². The highest BCUT2D eigenvalue weighted by Crippen LogP contribution is 2.20. The van der Waals surface area contributed by atoms with Gasteiger partial charge in [0.25, 0.3) is 5.97 Å². The fourth-order valence-electron chi connectivity index (χ4n) is 0.992. The van der Waals surface area contributed by atoms with Crippen LogP contribution in [0.3, 0.4) is 0 Å². The molecule has 0 heterocycles. The second kappa shape index (κ2) is 7.06. The molecule has 0 unspecified atom stereocenters. The Bertz CT molecular complexity index is 96.2. The third kappa shape index (κ3) is 4.02. The highest BCUT2D eigenvalue weighted by atomic mass is 127. The van der Waals surface area contributed by atoms with Gasteiger partial charge >= 0.3 is 0 Å². The number of hydrogen-bond acceptors (Lipinski definition) is 3. The molecule has 0 atom stereocenters. The summed E-state index contributed by atoms with van der Waals surface area (Å²) in [5, 5.41) is 0. The van der Waals surface area contributed by atoms with E-state index in [-0.39, 0.29) is 0 Å². The summed E-state index contributed by atoms with van der Waals surface area (Å²) in [6.45, 7) is 0. The first-order valence-corrected chi connectivity index (χ1v) is 5.48. The number of unbranched alkanes of at least 4 members (excludes halogenated alkanes) is 1. The molecule has 4 heteroatoms. The summed E-state index contributed by atoms with van der Waals surface area (Å²) in [4.78, 5) is 0. The molecule has 0 radical (unpaired) electrons. The van der Waals surface area contributed by atoms with Crippen molar-refractivity contribution < 1.29 is 14.2 Å². The fraction of sp³-hybridized carbons (Fsp3) is 1.00. The van der Waals surface area contributed by atoms with E-state index in [0.717, 1.165) is 17.3 Å². The van der Waals surface area contributed by atoms with Crippen molar-refractivity contribution in [3.05, 3.63) is 0 Å². The Balaban J connectivity index is 3.76. The Morgan fingerprint density at radius 3 is 1.83 bits per heavy atom. The van der Waals surface area contributed by atoms with Crippen molar-refractivity contribution >= 4 is 22.6 Å². The first-order chi connectivity index (χ1) is 5.74. The molecule has 0 N–H and O–H groups in total. The maximum Gasteiger partial charge on any atom is 0.282 e. The smallest absolute Gasteiger partial charge is 0.282 e. The normalized spacial score (nSPS) is 12.0. The van der Waals surface area contributed by atoms with Crippen molar-refractivity contribution in [2.75, 3.05) is 25.8 Å². The van der Waals surface area contributed by atoms with Crippen LogP contribution >= 0.6 is 22.6 Å². The van der Waals surface area contributed by atoms with Crippen LogP contribution in [0.1, 0.15) is 19.3 Å². The summed E-state index contributed by atoms with van der Waals surface area (Å²) >= 11 is 2.35. The van der Waals surface area contributed by atoms with E-state index in [1.54, 1.807) is 21.3 Å². The quantitative estimate of drug-likeness (QED) is 0.311. The molecule has 0 saturated carbocycles. The van der Waals surface area contributed by atoms with Crippen molar-refractivity contribution in [2.45, 2.75) is 25.2 Å². The van der Waals surface area contributed by atoms with Gasteiger partial charge in [0.15, 0.2) is 0 Å². The van der Waals surface area contributed by atoms with Gasteiger partial charge in [-0.3, -0.25) is 0 Å². The molecule has 74 valence electrons. The number of methoxy groups -OCH3 is 3.